The zero-order valence-corrected chi connectivity index (χ0v) is 24.1. The lowest BCUT2D eigenvalue weighted by Crippen LogP contribution is -2.27. The maximum atomic E-state index is 13.4. The molecule has 0 aromatic heterocycles. The molecule has 9 heteroatoms. The average molecular weight is 552 g/mol. The Bertz CT molecular complexity index is 1290. The standard InChI is InChI=1S/C31H41N3O6/c1-20(35)33-24-13-11-21-18-27(38-2)30(39-3)31(40-4)29(21)22-12-14-25(26(36)19-23(22)24)32-15-7-5-6-10-28(37)34-16-8-9-17-34/h12,14,18-19,24H,5-11,13,15-17H2,1-4H3,(H,32,36)(H,33,35)/t24-/m0/s1. The first kappa shape index (κ1) is 29.2. The van der Waals surface area contributed by atoms with Crippen molar-refractivity contribution in [3.8, 4) is 28.4 Å². The highest BCUT2D eigenvalue weighted by Crippen LogP contribution is 2.50. The van der Waals surface area contributed by atoms with Gasteiger partial charge in [-0.15, -0.1) is 0 Å². The van der Waals surface area contributed by atoms with Gasteiger partial charge in [0.1, 0.15) is 0 Å². The Morgan fingerprint density at radius 3 is 2.40 bits per heavy atom. The summed E-state index contributed by atoms with van der Waals surface area (Å²) in [6.45, 7) is 3.89. The molecule has 0 bridgehead atoms. The molecule has 1 aliphatic carbocycles. The summed E-state index contributed by atoms with van der Waals surface area (Å²) < 4.78 is 17.1. The third-order valence-electron chi connectivity index (χ3n) is 7.76. The van der Waals surface area contributed by atoms with Crippen molar-refractivity contribution in [3.63, 3.8) is 0 Å². The summed E-state index contributed by atoms with van der Waals surface area (Å²) in [7, 11) is 4.73. The zero-order chi connectivity index (χ0) is 28.6. The molecular weight excluding hydrogens is 510 g/mol. The van der Waals surface area contributed by atoms with Gasteiger partial charge in [0, 0.05) is 38.5 Å². The number of likely N-dealkylation sites (tertiary alicyclic amines) is 1. The quantitative estimate of drug-likeness (QED) is 0.397. The number of fused-ring (bicyclic) bond motifs is 3. The van der Waals surface area contributed by atoms with Gasteiger partial charge in [0.25, 0.3) is 0 Å². The van der Waals surface area contributed by atoms with Crippen molar-refractivity contribution in [1.29, 1.82) is 0 Å². The molecule has 1 saturated heterocycles. The number of carbonyl (C=O) groups is 2. The Morgan fingerprint density at radius 1 is 0.975 bits per heavy atom. The van der Waals surface area contributed by atoms with E-state index in [0.29, 0.717) is 48.7 Å². The van der Waals surface area contributed by atoms with Crippen LogP contribution in [0.25, 0.3) is 11.1 Å². The molecule has 1 atom stereocenters. The molecule has 2 aromatic rings. The Labute approximate surface area is 236 Å². The molecule has 0 saturated carbocycles. The number of unbranched alkanes of at least 4 members (excludes halogenated alkanes) is 2. The first-order valence-electron chi connectivity index (χ1n) is 14.2. The van der Waals surface area contributed by atoms with E-state index in [4.69, 9.17) is 14.2 Å². The average Bonchev–Trinajstić information content (AvgIpc) is 3.39. The van der Waals surface area contributed by atoms with Gasteiger partial charge in [-0.05, 0) is 73.4 Å². The molecule has 0 radical (unpaired) electrons. The summed E-state index contributed by atoms with van der Waals surface area (Å²) in [5.41, 5.74) is 3.69. The SMILES string of the molecule is COc1cc2c(c(OC)c1OC)-c1ccc(NCCCCCC(=O)N3CCCC3)c(=O)cc1[C@@H](NC(C)=O)CC2. The van der Waals surface area contributed by atoms with E-state index in [9.17, 15) is 14.4 Å². The second-order valence-electron chi connectivity index (χ2n) is 10.4. The first-order chi connectivity index (χ1) is 19.4. The molecule has 216 valence electrons. The minimum atomic E-state index is -0.345. The molecular formula is C31H41N3O6. The minimum Gasteiger partial charge on any atom is -0.493 e. The van der Waals surface area contributed by atoms with Gasteiger partial charge < -0.3 is 29.7 Å². The third-order valence-corrected chi connectivity index (χ3v) is 7.76. The Morgan fingerprint density at radius 2 is 1.73 bits per heavy atom. The van der Waals surface area contributed by atoms with E-state index in [-0.39, 0.29) is 23.3 Å². The van der Waals surface area contributed by atoms with Crippen molar-refractivity contribution in [2.45, 2.75) is 64.3 Å². The topological polar surface area (TPSA) is 106 Å². The van der Waals surface area contributed by atoms with E-state index in [0.717, 1.165) is 67.4 Å². The number of anilines is 1. The van der Waals surface area contributed by atoms with Crippen LogP contribution in [0.5, 0.6) is 17.2 Å². The van der Waals surface area contributed by atoms with Gasteiger partial charge in [-0.1, -0.05) is 12.5 Å². The molecule has 2 N–H and O–H groups in total. The van der Waals surface area contributed by atoms with E-state index < -0.39 is 0 Å². The van der Waals surface area contributed by atoms with Gasteiger partial charge in [0.05, 0.1) is 33.1 Å². The fraction of sp³-hybridized carbons (Fsp3) is 0.516. The van der Waals surface area contributed by atoms with E-state index >= 15 is 0 Å². The summed E-state index contributed by atoms with van der Waals surface area (Å²) in [5, 5.41) is 6.32. The highest BCUT2D eigenvalue weighted by atomic mass is 16.5. The van der Waals surface area contributed by atoms with Crippen molar-refractivity contribution >= 4 is 17.5 Å². The van der Waals surface area contributed by atoms with Crippen molar-refractivity contribution in [3.05, 3.63) is 45.6 Å². The number of hydrogen-bond donors (Lipinski definition) is 2. The monoisotopic (exact) mass is 551 g/mol. The summed E-state index contributed by atoms with van der Waals surface area (Å²) in [6.07, 6.45) is 6.67. The second-order valence-corrected chi connectivity index (χ2v) is 10.4. The molecule has 9 nitrogen and oxygen atoms in total. The number of rotatable bonds is 11. The smallest absolute Gasteiger partial charge is 0.222 e. The molecule has 1 aliphatic heterocycles. The van der Waals surface area contributed by atoms with Crippen molar-refractivity contribution in [1.82, 2.24) is 10.2 Å². The highest BCUT2D eigenvalue weighted by molar-refractivity contribution is 5.83. The lowest BCUT2D eigenvalue weighted by molar-refractivity contribution is -0.130. The molecule has 40 heavy (non-hydrogen) atoms. The molecule has 2 amide bonds. The molecule has 1 heterocycles. The lowest BCUT2D eigenvalue weighted by Gasteiger charge is -2.19. The van der Waals surface area contributed by atoms with Gasteiger partial charge >= 0.3 is 0 Å². The van der Waals surface area contributed by atoms with Crippen LogP contribution >= 0.6 is 0 Å². The molecule has 4 rings (SSSR count). The van der Waals surface area contributed by atoms with Crippen LogP contribution in [0, 0.1) is 0 Å². The number of nitrogens with one attached hydrogen (secondary N) is 2. The zero-order valence-electron chi connectivity index (χ0n) is 24.1. The van der Waals surface area contributed by atoms with Gasteiger partial charge in [-0.3, -0.25) is 14.4 Å². The lowest BCUT2D eigenvalue weighted by atomic mass is 9.95. The predicted molar refractivity (Wildman–Crippen MR) is 155 cm³/mol. The van der Waals surface area contributed by atoms with Gasteiger partial charge in [0.15, 0.2) is 11.5 Å². The summed E-state index contributed by atoms with van der Waals surface area (Å²) in [4.78, 5) is 39.7. The van der Waals surface area contributed by atoms with Crippen LogP contribution in [0.3, 0.4) is 0 Å². The normalized spacial score (nSPS) is 15.9. The number of hydrogen-bond acceptors (Lipinski definition) is 7. The predicted octanol–water partition coefficient (Wildman–Crippen LogP) is 4.46. The van der Waals surface area contributed by atoms with Gasteiger partial charge in [-0.2, -0.15) is 0 Å². The van der Waals surface area contributed by atoms with E-state index in [1.54, 1.807) is 33.5 Å². The van der Waals surface area contributed by atoms with Crippen LogP contribution in [0.1, 0.15) is 69.0 Å². The van der Waals surface area contributed by atoms with E-state index in [1.165, 1.54) is 6.92 Å². The van der Waals surface area contributed by atoms with E-state index in [2.05, 4.69) is 10.6 Å². The number of amides is 2. The first-order valence-corrected chi connectivity index (χ1v) is 14.2. The van der Waals surface area contributed by atoms with Crippen LogP contribution in [0.4, 0.5) is 5.69 Å². The summed E-state index contributed by atoms with van der Waals surface area (Å²) >= 11 is 0. The number of ether oxygens (including phenoxy) is 3. The number of benzene rings is 1. The summed E-state index contributed by atoms with van der Waals surface area (Å²) in [6, 6.07) is 6.94. The maximum Gasteiger partial charge on any atom is 0.222 e. The third kappa shape index (κ3) is 6.51. The van der Waals surface area contributed by atoms with E-state index in [1.807, 2.05) is 17.0 Å². The van der Waals surface area contributed by atoms with Gasteiger partial charge in [0.2, 0.25) is 23.0 Å². The Balaban J connectivity index is 1.59. The van der Waals surface area contributed by atoms with Crippen LogP contribution in [0.15, 0.2) is 29.1 Å². The number of carbonyl (C=O) groups excluding carboxylic acids is 2. The molecule has 0 unspecified atom stereocenters. The maximum absolute atomic E-state index is 13.4. The number of aryl methyl sites for hydroxylation is 1. The Hall–Kier alpha value is -3.75. The number of methoxy groups -OCH3 is 3. The van der Waals surface area contributed by atoms with Crippen LogP contribution in [0.2, 0.25) is 0 Å². The fourth-order valence-electron chi connectivity index (χ4n) is 5.78. The highest BCUT2D eigenvalue weighted by Gasteiger charge is 2.29. The van der Waals surface area contributed by atoms with Crippen LogP contribution in [-0.2, 0) is 16.0 Å². The van der Waals surface area contributed by atoms with Gasteiger partial charge in [-0.25, -0.2) is 0 Å². The van der Waals surface area contributed by atoms with Crippen molar-refractivity contribution < 1.29 is 23.8 Å². The fourth-order valence-corrected chi connectivity index (χ4v) is 5.78. The molecule has 0 spiro atoms. The molecule has 1 fully saturated rings. The largest absolute Gasteiger partial charge is 0.493 e. The van der Waals surface area contributed by atoms with Crippen molar-refractivity contribution in [2.75, 3.05) is 46.3 Å². The molecule has 2 aliphatic rings. The number of nitrogens with zero attached hydrogens (tertiary/aromatic N) is 1. The second kappa shape index (κ2) is 13.5. The minimum absolute atomic E-state index is 0.149. The molecule has 2 aromatic carbocycles. The van der Waals surface area contributed by atoms with Crippen LogP contribution in [-0.4, -0.2) is 57.7 Å². The summed E-state index contributed by atoms with van der Waals surface area (Å²) in [5.74, 6) is 1.65. The Kier molecular flexibility index (Phi) is 9.90. The van der Waals surface area contributed by atoms with Crippen molar-refractivity contribution in [2.24, 2.45) is 0 Å². The van der Waals surface area contributed by atoms with Crippen LogP contribution < -0.4 is 30.3 Å².